The van der Waals surface area contributed by atoms with Gasteiger partial charge in [0.05, 0.1) is 11.9 Å². The Morgan fingerprint density at radius 2 is 2.10 bits per heavy atom. The van der Waals surface area contributed by atoms with Crippen molar-refractivity contribution in [1.29, 1.82) is 0 Å². The Labute approximate surface area is 69.0 Å². The van der Waals surface area contributed by atoms with Gasteiger partial charge in [0.15, 0.2) is 0 Å². The normalized spacial score (nSPS) is 19.3. The van der Waals surface area contributed by atoms with Crippen molar-refractivity contribution in [3.63, 3.8) is 0 Å². The molecule has 0 aromatic rings. The molecule has 1 aliphatic rings. The Hall–Kier alpha value is 0.390. The van der Waals surface area contributed by atoms with Crippen molar-refractivity contribution in [1.82, 2.24) is 0 Å². The van der Waals surface area contributed by atoms with Crippen molar-refractivity contribution in [3.8, 4) is 0 Å². The van der Waals surface area contributed by atoms with Crippen molar-refractivity contribution in [2.75, 3.05) is 11.1 Å². The summed E-state index contributed by atoms with van der Waals surface area (Å²) in [5, 5.41) is 0.446. The quantitative estimate of drug-likeness (QED) is 0.531. The zero-order valence-corrected chi connectivity index (χ0v) is 7.82. The van der Waals surface area contributed by atoms with Gasteiger partial charge in [0.1, 0.15) is 0 Å². The Morgan fingerprint density at radius 3 is 2.50 bits per heavy atom. The van der Waals surface area contributed by atoms with Crippen LogP contribution in [0.3, 0.4) is 0 Å². The number of rotatable bonds is 4. The third-order valence-corrected chi connectivity index (χ3v) is 3.33. The van der Waals surface area contributed by atoms with Gasteiger partial charge in [-0.2, -0.15) is 8.42 Å². The summed E-state index contributed by atoms with van der Waals surface area (Å²) in [7, 11) is -3.22. The predicted molar refractivity (Wildman–Crippen MR) is 41.7 cm³/mol. The lowest BCUT2D eigenvalue weighted by atomic mass is 10.9. The maximum absolute atomic E-state index is 10.8. The van der Waals surface area contributed by atoms with Crippen molar-refractivity contribution in [2.24, 2.45) is 0 Å². The van der Waals surface area contributed by atoms with Crippen LogP contribution in [-0.2, 0) is 14.3 Å². The molecule has 10 heavy (non-hydrogen) atoms. The minimum atomic E-state index is -3.22. The highest BCUT2D eigenvalue weighted by Gasteiger charge is 2.28. The van der Waals surface area contributed by atoms with Gasteiger partial charge < -0.3 is 0 Å². The molecule has 0 heterocycles. The Morgan fingerprint density at radius 1 is 1.50 bits per heavy atom. The van der Waals surface area contributed by atoms with Crippen LogP contribution in [0.15, 0.2) is 0 Å². The molecule has 1 rings (SSSR count). The van der Waals surface area contributed by atoms with Gasteiger partial charge in [-0.05, 0) is 12.8 Å². The summed E-state index contributed by atoms with van der Waals surface area (Å²) in [5.74, 6) is 0.0729. The van der Waals surface area contributed by atoms with E-state index in [0.29, 0.717) is 5.33 Å². The van der Waals surface area contributed by atoms with Crippen molar-refractivity contribution >= 4 is 26.0 Å². The summed E-state index contributed by atoms with van der Waals surface area (Å²) in [4.78, 5) is 0. The first kappa shape index (κ1) is 8.49. The molecule has 0 aromatic carbocycles. The number of halogens is 1. The lowest BCUT2D eigenvalue weighted by molar-refractivity contribution is 0.306. The standard InChI is InChI=1S/C5H9BrO3S/c6-3-4-10(7,8)9-5-1-2-5/h5H,1-4H2. The molecule has 3 nitrogen and oxygen atoms in total. The summed E-state index contributed by atoms with van der Waals surface area (Å²) in [5.41, 5.74) is 0. The number of hydrogen-bond donors (Lipinski definition) is 0. The molecule has 1 fully saturated rings. The van der Waals surface area contributed by atoms with Crippen LogP contribution in [0.25, 0.3) is 0 Å². The number of hydrogen-bond acceptors (Lipinski definition) is 3. The van der Waals surface area contributed by atoms with Crippen LogP contribution >= 0.6 is 15.9 Å². The van der Waals surface area contributed by atoms with Crippen LogP contribution in [0.5, 0.6) is 0 Å². The van der Waals surface area contributed by atoms with E-state index in [1.807, 2.05) is 0 Å². The highest BCUT2D eigenvalue weighted by Crippen LogP contribution is 2.25. The van der Waals surface area contributed by atoms with Crippen molar-refractivity contribution < 1.29 is 12.6 Å². The first-order valence-electron chi connectivity index (χ1n) is 3.11. The van der Waals surface area contributed by atoms with Gasteiger partial charge in [0, 0.05) is 5.33 Å². The first-order valence-corrected chi connectivity index (χ1v) is 5.81. The summed E-state index contributed by atoms with van der Waals surface area (Å²) >= 11 is 3.04. The third-order valence-electron chi connectivity index (χ3n) is 1.13. The van der Waals surface area contributed by atoms with Crippen LogP contribution in [0.1, 0.15) is 12.8 Å². The van der Waals surface area contributed by atoms with Gasteiger partial charge >= 0.3 is 0 Å². The molecule has 0 spiro atoms. The largest absolute Gasteiger partial charge is 0.268 e. The number of alkyl halides is 1. The van der Waals surface area contributed by atoms with Gasteiger partial charge in [-0.1, -0.05) is 15.9 Å². The maximum Gasteiger partial charge on any atom is 0.268 e. The highest BCUT2D eigenvalue weighted by atomic mass is 79.9. The van der Waals surface area contributed by atoms with Gasteiger partial charge in [-0.15, -0.1) is 0 Å². The van der Waals surface area contributed by atoms with Gasteiger partial charge in [0.25, 0.3) is 10.1 Å². The van der Waals surface area contributed by atoms with Crippen LogP contribution in [-0.4, -0.2) is 25.6 Å². The molecule has 1 saturated carbocycles. The van der Waals surface area contributed by atoms with Crippen LogP contribution in [0.4, 0.5) is 0 Å². The second-order valence-electron chi connectivity index (χ2n) is 2.25. The maximum atomic E-state index is 10.8. The second-order valence-corrected chi connectivity index (χ2v) is 4.76. The first-order chi connectivity index (χ1) is 4.64. The van der Waals surface area contributed by atoms with Crippen LogP contribution in [0.2, 0.25) is 0 Å². The van der Waals surface area contributed by atoms with E-state index in [1.54, 1.807) is 0 Å². The van der Waals surface area contributed by atoms with E-state index in [9.17, 15) is 8.42 Å². The molecular weight excluding hydrogens is 220 g/mol. The van der Waals surface area contributed by atoms with Crippen LogP contribution in [0, 0.1) is 0 Å². The third kappa shape index (κ3) is 2.98. The molecule has 0 N–H and O–H groups in total. The van der Waals surface area contributed by atoms with E-state index >= 15 is 0 Å². The predicted octanol–water partition coefficient (Wildman–Crippen LogP) is 0.890. The van der Waals surface area contributed by atoms with E-state index in [0.717, 1.165) is 12.8 Å². The van der Waals surface area contributed by atoms with E-state index in [1.165, 1.54) is 0 Å². The summed E-state index contributed by atoms with van der Waals surface area (Å²) in [6, 6.07) is 0. The second kappa shape index (κ2) is 3.19. The fraction of sp³-hybridized carbons (Fsp3) is 1.00. The van der Waals surface area contributed by atoms with E-state index in [2.05, 4.69) is 15.9 Å². The average Bonchev–Trinajstić information content (AvgIpc) is 2.48. The lowest BCUT2D eigenvalue weighted by Gasteiger charge is -1.99. The highest BCUT2D eigenvalue weighted by molar-refractivity contribution is 9.09. The smallest absolute Gasteiger partial charge is 0.267 e. The van der Waals surface area contributed by atoms with Crippen LogP contribution < -0.4 is 0 Å². The molecular formula is C5H9BrO3S. The van der Waals surface area contributed by atoms with Gasteiger partial charge in [-0.25, -0.2) is 0 Å². The molecule has 5 heteroatoms. The van der Waals surface area contributed by atoms with Gasteiger partial charge in [0.2, 0.25) is 0 Å². The Balaban J connectivity index is 2.34. The molecule has 0 amide bonds. The Bertz CT molecular complexity index is 195. The topological polar surface area (TPSA) is 43.4 Å². The summed E-state index contributed by atoms with van der Waals surface area (Å²) < 4.78 is 26.4. The van der Waals surface area contributed by atoms with E-state index in [4.69, 9.17) is 4.18 Å². The minimum absolute atomic E-state index is 0.0101. The fourth-order valence-electron chi connectivity index (χ4n) is 0.514. The molecule has 0 radical (unpaired) electrons. The lowest BCUT2D eigenvalue weighted by Crippen LogP contribution is -2.12. The molecule has 0 atom stereocenters. The molecule has 0 bridgehead atoms. The summed E-state index contributed by atoms with van der Waals surface area (Å²) in [6.45, 7) is 0. The fourth-order valence-corrected chi connectivity index (χ4v) is 2.60. The minimum Gasteiger partial charge on any atom is -0.267 e. The molecule has 1 aliphatic carbocycles. The monoisotopic (exact) mass is 228 g/mol. The van der Waals surface area contributed by atoms with Crippen molar-refractivity contribution in [2.45, 2.75) is 18.9 Å². The zero-order chi connectivity index (χ0) is 7.61. The van der Waals surface area contributed by atoms with E-state index < -0.39 is 10.1 Å². The Kier molecular flexibility index (Phi) is 2.71. The summed E-state index contributed by atoms with van der Waals surface area (Å²) in [6.07, 6.45) is 1.77. The van der Waals surface area contributed by atoms with E-state index in [-0.39, 0.29) is 11.9 Å². The van der Waals surface area contributed by atoms with Crippen molar-refractivity contribution in [3.05, 3.63) is 0 Å². The van der Waals surface area contributed by atoms with Gasteiger partial charge in [-0.3, -0.25) is 4.18 Å². The molecule has 0 saturated heterocycles. The molecule has 0 aromatic heterocycles. The average molecular weight is 229 g/mol. The molecule has 0 unspecified atom stereocenters. The molecule has 60 valence electrons. The SMILES string of the molecule is O=S(=O)(CCBr)OC1CC1. The molecule has 0 aliphatic heterocycles. The zero-order valence-electron chi connectivity index (χ0n) is 5.42.